The zero-order valence-electron chi connectivity index (χ0n) is 23.3. The lowest BCUT2D eigenvalue weighted by Gasteiger charge is -2.47. The highest BCUT2D eigenvalue weighted by molar-refractivity contribution is 6.46. The van der Waals surface area contributed by atoms with Crippen LogP contribution in [0.25, 0.3) is 0 Å². The molecule has 3 unspecified atom stereocenters. The first-order valence-electron chi connectivity index (χ1n) is 14.0. The van der Waals surface area contributed by atoms with E-state index in [1.807, 2.05) is 17.0 Å². The Balaban J connectivity index is 1.72. The summed E-state index contributed by atoms with van der Waals surface area (Å²) in [5, 5.41) is 11.4. The van der Waals surface area contributed by atoms with E-state index in [1.54, 1.807) is 12.1 Å². The normalized spacial score (nSPS) is 23.3. The highest BCUT2D eigenvalue weighted by Crippen LogP contribution is 2.48. The molecule has 3 atom stereocenters. The minimum Gasteiger partial charge on any atom is -0.481 e. The quantitative estimate of drug-likeness (QED) is 0.384. The summed E-state index contributed by atoms with van der Waals surface area (Å²) < 4.78 is 28.4. The molecule has 214 valence electrons. The predicted octanol–water partition coefficient (Wildman–Crippen LogP) is 5.88. The first-order chi connectivity index (χ1) is 19.0. The van der Waals surface area contributed by atoms with Crippen molar-refractivity contribution in [2.75, 3.05) is 6.54 Å². The summed E-state index contributed by atoms with van der Waals surface area (Å²) in [4.78, 5) is 44.3. The van der Waals surface area contributed by atoms with Gasteiger partial charge in [-0.1, -0.05) is 45.7 Å². The zero-order chi connectivity index (χ0) is 29.0. The van der Waals surface area contributed by atoms with E-state index < -0.39 is 23.3 Å². The van der Waals surface area contributed by atoms with Crippen LogP contribution in [0.1, 0.15) is 93.2 Å². The third-order valence-electron chi connectivity index (χ3n) is 7.81. The topological polar surface area (TPSA) is 99.1 Å². The summed E-state index contributed by atoms with van der Waals surface area (Å²) in [5.41, 5.74) is 0.611. The van der Waals surface area contributed by atoms with E-state index in [4.69, 9.17) is 10.1 Å². The molecule has 40 heavy (non-hydrogen) atoms. The number of benzene rings is 2. The Morgan fingerprint density at radius 3 is 2.30 bits per heavy atom. The van der Waals surface area contributed by atoms with E-state index in [9.17, 15) is 23.2 Å². The molecule has 2 aromatic rings. The number of carboxylic acids is 1. The van der Waals surface area contributed by atoms with Gasteiger partial charge in [-0.3, -0.25) is 19.4 Å². The van der Waals surface area contributed by atoms with Crippen LogP contribution in [0.2, 0.25) is 0 Å². The molecule has 2 aromatic carbocycles. The average Bonchev–Trinajstić information content (AvgIpc) is 3.14. The van der Waals surface area contributed by atoms with Gasteiger partial charge in [0.05, 0.1) is 12.5 Å². The van der Waals surface area contributed by atoms with Crippen molar-refractivity contribution in [3.05, 3.63) is 70.8 Å². The fourth-order valence-electron chi connectivity index (χ4n) is 6.35. The molecule has 1 aliphatic carbocycles. The van der Waals surface area contributed by atoms with Crippen molar-refractivity contribution < 1.29 is 28.3 Å². The second-order valence-electron chi connectivity index (χ2n) is 11.3. The number of rotatable bonds is 10. The molecule has 2 aliphatic rings. The van der Waals surface area contributed by atoms with Gasteiger partial charge in [0.2, 0.25) is 0 Å². The summed E-state index contributed by atoms with van der Waals surface area (Å²) in [6, 6.07) is 9.74. The van der Waals surface area contributed by atoms with Gasteiger partial charge in [0.1, 0.15) is 23.0 Å². The Bertz CT molecular complexity index is 1260. The molecule has 0 radical (unpaired) electrons. The first kappa shape index (κ1) is 29.4. The average molecular weight is 554 g/mol. The number of hydrogen-bond donors (Lipinski definition) is 2. The molecular weight excluding hydrogens is 516 g/mol. The number of carboxylic acid groups (broad SMARTS) is 1. The van der Waals surface area contributed by atoms with E-state index >= 15 is 0 Å². The summed E-state index contributed by atoms with van der Waals surface area (Å²) >= 11 is 0. The fourth-order valence-corrected chi connectivity index (χ4v) is 6.35. The summed E-state index contributed by atoms with van der Waals surface area (Å²) in [5.74, 6) is -2.63. The third-order valence-corrected chi connectivity index (χ3v) is 7.81. The molecular formula is C31H37F2N3O4. The highest BCUT2D eigenvalue weighted by atomic mass is 19.1. The van der Waals surface area contributed by atoms with Crippen LogP contribution in [0, 0.1) is 23.5 Å². The number of amides is 2. The van der Waals surface area contributed by atoms with Gasteiger partial charge in [-0.15, -0.1) is 0 Å². The van der Waals surface area contributed by atoms with Gasteiger partial charge in [0.25, 0.3) is 11.8 Å². The molecule has 1 spiro atoms. The zero-order valence-corrected chi connectivity index (χ0v) is 23.3. The number of halogens is 2. The predicted molar refractivity (Wildman–Crippen MR) is 148 cm³/mol. The van der Waals surface area contributed by atoms with Gasteiger partial charge in [0.15, 0.2) is 0 Å². The van der Waals surface area contributed by atoms with Gasteiger partial charge in [-0.05, 0) is 67.3 Å². The number of aliphatic imine (C=N–C) groups is 1. The van der Waals surface area contributed by atoms with E-state index in [1.165, 1.54) is 0 Å². The van der Waals surface area contributed by atoms with Gasteiger partial charge in [0, 0.05) is 23.7 Å². The van der Waals surface area contributed by atoms with E-state index in [-0.39, 0.29) is 42.1 Å². The Morgan fingerprint density at radius 2 is 1.73 bits per heavy atom. The standard InChI is InChI=1S/C31H37F2N3O4/c1-4-5-6-26(21-7-9-22(10-8-21)29(39)34-12-11-27(37)38)36-30(40)28(23-14-24(32)16-25(33)15-23)35-31(36)17-19(2)13-20(3)18-31/h7-10,14-16,19-20,26H,4-6,11-13,17-18H2,1-3H3,(H,34,39)(H,37,38). The number of aliphatic carboxylic acids is 1. The number of carbonyl (C=O) groups excluding carboxylic acids is 2. The van der Waals surface area contributed by atoms with Crippen LogP contribution in [-0.2, 0) is 9.59 Å². The second-order valence-corrected chi connectivity index (χ2v) is 11.3. The third kappa shape index (κ3) is 6.40. The van der Waals surface area contributed by atoms with Gasteiger partial charge in [-0.2, -0.15) is 0 Å². The number of unbranched alkanes of at least 4 members (excludes halogenated alkanes) is 1. The van der Waals surface area contributed by atoms with Crippen LogP contribution < -0.4 is 5.32 Å². The maximum atomic E-state index is 14.2. The Labute approximate surface area is 233 Å². The number of hydrogen-bond acceptors (Lipinski definition) is 4. The molecule has 1 heterocycles. The van der Waals surface area contributed by atoms with Crippen LogP contribution >= 0.6 is 0 Å². The second kappa shape index (κ2) is 12.3. The lowest BCUT2D eigenvalue weighted by atomic mass is 9.75. The highest BCUT2D eigenvalue weighted by Gasteiger charge is 2.53. The Hall–Kier alpha value is -3.62. The van der Waals surface area contributed by atoms with E-state index in [0.717, 1.165) is 43.0 Å². The SMILES string of the molecule is CCCCC(c1ccc(C(=O)NCCC(=O)O)cc1)N1C(=O)C(c2cc(F)cc(F)c2)=NC12CC(C)CC(C)C2. The van der Waals surface area contributed by atoms with Crippen molar-refractivity contribution in [1.29, 1.82) is 0 Å². The van der Waals surface area contributed by atoms with E-state index in [0.29, 0.717) is 36.7 Å². The first-order valence-corrected chi connectivity index (χ1v) is 14.0. The number of nitrogens with zero attached hydrogens (tertiary/aromatic N) is 2. The van der Waals surface area contributed by atoms with E-state index in [2.05, 4.69) is 26.1 Å². The van der Waals surface area contributed by atoms with Crippen LogP contribution in [0.4, 0.5) is 8.78 Å². The van der Waals surface area contributed by atoms with Gasteiger partial charge >= 0.3 is 5.97 Å². The number of carbonyl (C=O) groups is 3. The lowest BCUT2D eigenvalue weighted by molar-refractivity contribution is -0.137. The maximum Gasteiger partial charge on any atom is 0.305 e. The molecule has 0 saturated heterocycles. The van der Waals surface area contributed by atoms with Crippen molar-refractivity contribution in [3.63, 3.8) is 0 Å². The monoisotopic (exact) mass is 553 g/mol. The Kier molecular flexibility index (Phi) is 9.01. The molecule has 7 nitrogen and oxygen atoms in total. The lowest BCUT2D eigenvalue weighted by Crippen LogP contribution is -2.52. The molecule has 1 saturated carbocycles. The number of nitrogens with one attached hydrogen (secondary N) is 1. The van der Waals surface area contributed by atoms with Crippen molar-refractivity contribution in [2.45, 2.75) is 77.4 Å². The van der Waals surface area contributed by atoms with Gasteiger partial charge in [-0.25, -0.2) is 8.78 Å². The minimum atomic E-state index is -0.993. The molecule has 0 bridgehead atoms. The molecule has 1 fully saturated rings. The molecule has 0 aromatic heterocycles. The molecule has 1 aliphatic heterocycles. The van der Waals surface area contributed by atoms with Crippen molar-refractivity contribution in [3.8, 4) is 0 Å². The largest absolute Gasteiger partial charge is 0.481 e. The summed E-state index contributed by atoms with van der Waals surface area (Å²) in [7, 11) is 0. The van der Waals surface area contributed by atoms with Crippen LogP contribution in [0.5, 0.6) is 0 Å². The smallest absolute Gasteiger partial charge is 0.305 e. The van der Waals surface area contributed by atoms with Crippen molar-refractivity contribution in [2.24, 2.45) is 16.8 Å². The summed E-state index contributed by atoms with van der Waals surface area (Å²) in [6.45, 7) is 6.39. The maximum absolute atomic E-state index is 14.2. The van der Waals surface area contributed by atoms with Crippen molar-refractivity contribution >= 4 is 23.5 Å². The molecule has 2 amide bonds. The van der Waals surface area contributed by atoms with Crippen LogP contribution in [0.3, 0.4) is 0 Å². The summed E-state index contributed by atoms with van der Waals surface area (Å²) in [6.07, 6.45) is 4.55. The Morgan fingerprint density at radius 1 is 1.10 bits per heavy atom. The van der Waals surface area contributed by atoms with Crippen molar-refractivity contribution in [1.82, 2.24) is 10.2 Å². The van der Waals surface area contributed by atoms with Crippen LogP contribution in [-0.4, -0.2) is 45.7 Å². The van der Waals surface area contributed by atoms with Crippen LogP contribution in [0.15, 0.2) is 47.5 Å². The molecule has 4 rings (SSSR count). The fraction of sp³-hybridized carbons (Fsp3) is 0.484. The van der Waals surface area contributed by atoms with Gasteiger partial charge < -0.3 is 15.3 Å². The molecule has 2 N–H and O–H groups in total. The minimum absolute atomic E-state index is 0.0248. The molecule has 9 heteroatoms.